The lowest BCUT2D eigenvalue weighted by molar-refractivity contribution is 0.280. The van der Waals surface area contributed by atoms with Crippen molar-refractivity contribution in [2.75, 3.05) is 6.61 Å². The molecule has 0 radical (unpaired) electrons. The van der Waals surface area contributed by atoms with Gasteiger partial charge in [-0.2, -0.15) is 0 Å². The molecule has 2 aromatic rings. The van der Waals surface area contributed by atoms with Gasteiger partial charge in [0.1, 0.15) is 0 Å². The van der Waals surface area contributed by atoms with Crippen molar-refractivity contribution in [1.82, 2.24) is 4.57 Å². The van der Waals surface area contributed by atoms with Crippen molar-refractivity contribution in [3.63, 3.8) is 0 Å². The van der Waals surface area contributed by atoms with Gasteiger partial charge in [-0.05, 0) is 48.3 Å². The van der Waals surface area contributed by atoms with Gasteiger partial charge in [-0.3, -0.25) is 0 Å². The van der Waals surface area contributed by atoms with Crippen molar-refractivity contribution in [3.05, 3.63) is 36.0 Å². The van der Waals surface area contributed by atoms with E-state index in [0.29, 0.717) is 0 Å². The lowest BCUT2D eigenvalue weighted by Crippen LogP contribution is -2.17. The Morgan fingerprint density at radius 2 is 2.12 bits per heavy atom. The molecule has 0 amide bonds. The van der Waals surface area contributed by atoms with Crippen LogP contribution in [0.2, 0.25) is 0 Å². The average molecular weight is 229 g/mol. The predicted molar refractivity (Wildman–Crippen MR) is 70.1 cm³/mol. The molecule has 0 aliphatic heterocycles. The average Bonchev–Trinajstić information content (AvgIpc) is 2.67. The van der Waals surface area contributed by atoms with E-state index in [9.17, 15) is 0 Å². The molecule has 17 heavy (non-hydrogen) atoms. The third kappa shape index (κ3) is 2.09. The van der Waals surface area contributed by atoms with Gasteiger partial charge in [-0.25, -0.2) is 0 Å². The zero-order chi connectivity index (χ0) is 11.7. The minimum atomic E-state index is 0.231. The number of hydrogen-bond donors (Lipinski definition) is 1. The van der Waals surface area contributed by atoms with Gasteiger partial charge in [-0.15, -0.1) is 0 Å². The molecular formula is C15H19NO. The number of nitrogens with zero attached hydrogens (tertiary/aromatic N) is 1. The number of rotatable bonds is 4. The molecule has 0 saturated heterocycles. The highest BCUT2D eigenvalue weighted by atomic mass is 16.2. The number of aliphatic hydroxyl groups excluding tert-OH is 1. The van der Waals surface area contributed by atoms with Crippen LogP contribution in [0.25, 0.3) is 10.9 Å². The summed E-state index contributed by atoms with van der Waals surface area (Å²) in [5, 5.41) is 10.3. The fourth-order valence-corrected chi connectivity index (χ4v) is 2.63. The number of fused-ring (bicyclic) bond motifs is 1. The number of benzene rings is 1. The van der Waals surface area contributed by atoms with Crippen LogP contribution in [-0.2, 0) is 13.0 Å². The van der Waals surface area contributed by atoms with Crippen LogP contribution in [-0.4, -0.2) is 16.3 Å². The Balaban J connectivity index is 1.91. The van der Waals surface area contributed by atoms with E-state index in [2.05, 4.69) is 35.0 Å². The largest absolute Gasteiger partial charge is 0.396 e. The second-order valence-corrected chi connectivity index (χ2v) is 5.13. The summed E-state index contributed by atoms with van der Waals surface area (Å²) in [5.74, 6) is 0.882. The number of aromatic nitrogens is 1. The first-order valence-corrected chi connectivity index (χ1v) is 6.55. The highest BCUT2D eigenvalue weighted by molar-refractivity contribution is 5.80. The molecule has 1 heterocycles. The third-order valence-corrected chi connectivity index (χ3v) is 3.92. The van der Waals surface area contributed by atoms with Gasteiger partial charge < -0.3 is 9.67 Å². The molecule has 1 fully saturated rings. The summed E-state index contributed by atoms with van der Waals surface area (Å²) in [7, 11) is 0. The molecule has 90 valence electrons. The molecule has 0 atom stereocenters. The maximum atomic E-state index is 9.00. The SMILES string of the molecule is OCCc1ccc2ccn(CC3CCC3)c2c1. The molecule has 3 rings (SSSR count). The molecular weight excluding hydrogens is 210 g/mol. The highest BCUT2D eigenvalue weighted by Crippen LogP contribution is 2.29. The van der Waals surface area contributed by atoms with Gasteiger partial charge in [0, 0.05) is 24.9 Å². The summed E-state index contributed by atoms with van der Waals surface area (Å²) >= 11 is 0. The monoisotopic (exact) mass is 229 g/mol. The molecule has 1 saturated carbocycles. The molecule has 2 heteroatoms. The van der Waals surface area contributed by atoms with Crippen molar-refractivity contribution in [3.8, 4) is 0 Å². The van der Waals surface area contributed by atoms with Crippen molar-refractivity contribution in [2.45, 2.75) is 32.2 Å². The summed E-state index contributed by atoms with van der Waals surface area (Å²) in [6.07, 6.45) is 7.13. The molecule has 0 unspecified atom stereocenters. The standard InChI is InChI=1S/C15H19NO/c17-9-7-12-4-5-14-6-8-16(15(14)10-12)11-13-2-1-3-13/h4-6,8,10,13,17H,1-3,7,9,11H2. The zero-order valence-corrected chi connectivity index (χ0v) is 10.1. The van der Waals surface area contributed by atoms with Gasteiger partial charge >= 0.3 is 0 Å². The first kappa shape index (κ1) is 10.8. The Hall–Kier alpha value is -1.28. The zero-order valence-electron chi connectivity index (χ0n) is 10.1. The summed E-state index contributed by atoms with van der Waals surface area (Å²) in [6.45, 7) is 1.39. The van der Waals surface area contributed by atoms with Gasteiger partial charge in [0.05, 0.1) is 0 Å². The summed E-state index contributed by atoms with van der Waals surface area (Å²) < 4.78 is 2.38. The first-order chi connectivity index (χ1) is 8.36. The van der Waals surface area contributed by atoms with Gasteiger partial charge in [0.15, 0.2) is 0 Å². The van der Waals surface area contributed by atoms with E-state index in [1.807, 2.05) is 0 Å². The number of hydrogen-bond acceptors (Lipinski definition) is 1. The lowest BCUT2D eigenvalue weighted by atomic mass is 9.85. The van der Waals surface area contributed by atoms with Crippen LogP contribution in [0, 0.1) is 5.92 Å². The smallest absolute Gasteiger partial charge is 0.0483 e. The van der Waals surface area contributed by atoms with Crippen molar-refractivity contribution < 1.29 is 5.11 Å². The van der Waals surface area contributed by atoms with Crippen LogP contribution in [0.15, 0.2) is 30.5 Å². The quantitative estimate of drug-likeness (QED) is 0.856. The highest BCUT2D eigenvalue weighted by Gasteiger charge is 2.18. The van der Waals surface area contributed by atoms with Gasteiger partial charge in [0.2, 0.25) is 0 Å². The van der Waals surface area contributed by atoms with Crippen molar-refractivity contribution >= 4 is 10.9 Å². The van der Waals surface area contributed by atoms with E-state index in [4.69, 9.17) is 5.11 Å². The van der Waals surface area contributed by atoms with E-state index in [0.717, 1.165) is 18.9 Å². The molecule has 1 aromatic heterocycles. The minimum absolute atomic E-state index is 0.231. The molecule has 1 aliphatic carbocycles. The Labute approximate surface area is 102 Å². The maximum absolute atomic E-state index is 9.00. The summed E-state index contributed by atoms with van der Waals surface area (Å²) in [4.78, 5) is 0. The van der Waals surface area contributed by atoms with Crippen molar-refractivity contribution in [1.29, 1.82) is 0 Å². The van der Waals surface area contributed by atoms with E-state index < -0.39 is 0 Å². The van der Waals surface area contributed by atoms with Crippen LogP contribution in [0.5, 0.6) is 0 Å². The van der Waals surface area contributed by atoms with Crippen LogP contribution >= 0.6 is 0 Å². The van der Waals surface area contributed by atoms with E-state index >= 15 is 0 Å². The first-order valence-electron chi connectivity index (χ1n) is 6.55. The second kappa shape index (κ2) is 4.53. The van der Waals surface area contributed by atoms with Crippen LogP contribution < -0.4 is 0 Å². The minimum Gasteiger partial charge on any atom is -0.396 e. The van der Waals surface area contributed by atoms with E-state index in [1.165, 1.54) is 35.7 Å². The molecule has 2 nitrogen and oxygen atoms in total. The van der Waals surface area contributed by atoms with Crippen LogP contribution in [0.4, 0.5) is 0 Å². The third-order valence-electron chi connectivity index (χ3n) is 3.92. The maximum Gasteiger partial charge on any atom is 0.0483 e. The molecule has 1 aromatic carbocycles. The van der Waals surface area contributed by atoms with Crippen LogP contribution in [0.1, 0.15) is 24.8 Å². The van der Waals surface area contributed by atoms with E-state index in [1.54, 1.807) is 0 Å². The summed E-state index contributed by atoms with van der Waals surface area (Å²) in [6, 6.07) is 8.70. The Morgan fingerprint density at radius 1 is 1.24 bits per heavy atom. The van der Waals surface area contributed by atoms with Crippen LogP contribution in [0.3, 0.4) is 0 Å². The summed E-state index contributed by atoms with van der Waals surface area (Å²) in [5.41, 5.74) is 2.55. The Kier molecular flexibility index (Phi) is 2.89. The fourth-order valence-electron chi connectivity index (χ4n) is 2.63. The molecule has 1 aliphatic rings. The number of aliphatic hydroxyl groups is 1. The Bertz CT molecular complexity index is 511. The Morgan fingerprint density at radius 3 is 2.82 bits per heavy atom. The molecule has 1 N–H and O–H groups in total. The second-order valence-electron chi connectivity index (χ2n) is 5.13. The fraction of sp³-hybridized carbons (Fsp3) is 0.467. The van der Waals surface area contributed by atoms with E-state index in [-0.39, 0.29) is 6.61 Å². The normalized spacial score (nSPS) is 16.3. The molecule has 0 bridgehead atoms. The molecule has 0 spiro atoms. The predicted octanol–water partition coefficient (Wildman–Crippen LogP) is 2.98. The lowest BCUT2D eigenvalue weighted by Gasteiger charge is -2.26. The van der Waals surface area contributed by atoms with Crippen molar-refractivity contribution in [2.24, 2.45) is 5.92 Å². The van der Waals surface area contributed by atoms with Gasteiger partial charge in [-0.1, -0.05) is 18.6 Å². The van der Waals surface area contributed by atoms with Gasteiger partial charge in [0.25, 0.3) is 0 Å². The topological polar surface area (TPSA) is 25.2 Å².